The maximum Gasteiger partial charge on any atom is 0.234 e. The maximum absolute atomic E-state index is 12.3. The lowest BCUT2D eigenvalue weighted by Gasteiger charge is -2.08. The molecule has 10 heteroatoms. The third-order valence-corrected chi connectivity index (χ3v) is 5.98. The van der Waals surface area contributed by atoms with Crippen molar-refractivity contribution in [1.29, 1.82) is 0 Å². The van der Waals surface area contributed by atoms with Crippen LogP contribution < -0.4 is 10.6 Å². The van der Waals surface area contributed by atoms with E-state index in [1.165, 1.54) is 11.8 Å². The summed E-state index contributed by atoms with van der Waals surface area (Å²) < 4.78 is 1.68. The van der Waals surface area contributed by atoms with Crippen LogP contribution in [0, 0.1) is 6.92 Å². The number of hydrogen-bond acceptors (Lipinski definition) is 5. The van der Waals surface area contributed by atoms with E-state index >= 15 is 0 Å². The molecule has 0 aliphatic carbocycles. The molecule has 0 radical (unpaired) electrons. The van der Waals surface area contributed by atoms with Gasteiger partial charge in [-0.3, -0.25) is 9.59 Å². The molecule has 30 heavy (non-hydrogen) atoms. The van der Waals surface area contributed by atoms with Gasteiger partial charge in [-0.25, -0.2) is 0 Å². The molecule has 1 aromatic heterocycles. The van der Waals surface area contributed by atoms with E-state index in [2.05, 4.69) is 20.8 Å². The van der Waals surface area contributed by atoms with Gasteiger partial charge in [0.25, 0.3) is 0 Å². The lowest BCUT2D eigenvalue weighted by molar-refractivity contribution is -0.116. The Hall–Kier alpha value is -2.55. The molecule has 3 rings (SSSR count). The van der Waals surface area contributed by atoms with Crippen LogP contribution in [0.4, 0.5) is 11.4 Å². The molecular formula is C20H19Cl2N5O2S. The summed E-state index contributed by atoms with van der Waals surface area (Å²) in [5.41, 5.74) is 2.29. The molecule has 0 atom stereocenters. The quantitative estimate of drug-likeness (QED) is 0.508. The first-order chi connectivity index (χ1) is 14.3. The van der Waals surface area contributed by atoms with Gasteiger partial charge < -0.3 is 15.2 Å². The van der Waals surface area contributed by atoms with Gasteiger partial charge in [-0.2, -0.15) is 0 Å². The van der Waals surface area contributed by atoms with Crippen molar-refractivity contribution in [2.75, 3.05) is 16.4 Å². The zero-order valence-corrected chi connectivity index (χ0v) is 18.6. The number of carbonyl (C=O) groups excluding carboxylic acids is 2. The van der Waals surface area contributed by atoms with Gasteiger partial charge >= 0.3 is 0 Å². The third-order valence-electron chi connectivity index (χ3n) is 4.14. The fraction of sp³-hybridized carbons (Fsp3) is 0.200. The molecule has 2 amide bonds. The third kappa shape index (κ3) is 5.75. The normalized spacial score (nSPS) is 10.7. The molecule has 3 aromatic rings. The lowest BCUT2D eigenvalue weighted by Crippen LogP contribution is -2.17. The highest BCUT2D eigenvalue weighted by Gasteiger charge is 2.16. The van der Waals surface area contributed by atoms with Crippen molar-refractivity contribution < 1.29 is 9.59 Å². The number of amides is 2. The second-order valence-corrected chi connectivity index (χ2v) is 8.21. The van der Waals surface area contributed by atoms with Crippen LogP contribution in [0.25, 0.3) is 0 Å². The summed E-state index contributed by atoms with van der Waals surface area (Å²) in [4.78, 5) is 24.5. The van der Waals surface area contributed by atoms with Crippen LogP contribution >= 0.6 is 35.0 Å². The largest absolute Gasteiger partial charge is 0.325 e. The summed E-state index contributed by atoms with van der Waals surface area (Å²) >= 11 is 13.3. The minimum absolute atomic E-state index is 0.00245. The number of anilines is 2. The van der Waals surface area contributed by atoms with E-state index < -0.39 is 0 Å². The minimum atomic E-state index is -0.302. The number of aromatic nitrogens is 3. The summed E-state index contributed by atoms with van der Waals surface area (Å²) in [6.45, 7) is 1.98. The van der Waals surface area contributed by atoms with Gasteiger partial charge in [-0.1, -0.05) is 58.7 Å². The first kappa shape index (κ1) is 22.1. The number of halogens is 2. The molecule has 0 aliphatic heterocycles. The fourth-order valence-electron chi connectivity index (χ4n) is 2.53. The average Bonchev–Trinajstić information content (AvgIpc) is 3.05. The molecule has 156 valence electrons. The maximum atomic E-state index is 12.3. The van der Waals surface area contributed by atoms with E-state index in [1.54, 1.807) is 29.8 Å². The van der Waals surface area contributed by atoms with Crippen LogP contribution in [0.2, 0.25) is 10.0 Å². The van der Waals surface area contributed by atoms with Crippen molar-refractivity contribution in [3.05, 3.63) is 63.9 Å². The predicted octanol–water partition coefficient (Wildman–Crippen LogP) is 4.34. The first-order valence-corrected chi connectivity index (χ1v) is 10.7. The smallest absolute Gasteiger partial charge is 0.234 e. The fourth-order valence-corrected chi connectivity index (χ4v) is 3.60. The standard InChI is InChI=1S/C20H19Cl2N5O2S/c1-12-6-8-13(9-7-12)23-18(29)11-30-20-26-25-16(27(20)2)10-17(28)24-15-5-3-4-14(21)19(15)22/h3-9H,10-11H2,1-2H3,(H,23,29)(H,24,28). The summed E-state index contributed by atoms with van der Waals surface area (Å²) in [6.07, 6.45) is 0.00245. The number of carbonyl (C=O) groups is 2. The van der Waals surface area contributed by atoms with E-state index in [-0.39, 0.29) is 29.0 Å². The Balaban J connectivity index is 1.55. The Labute approximate surface area is 188 Å². The topological polar surface area (TPSA) is 88.9 Å². The summed E-state index contributed by atoms with van der Waals surface area (Å²) in [6, 6.07) is 12.6. The Morgan fingerprint density at radius 2 is 1.77 bits per heavy atom. The van der Waals surface area contributed by atoms with Gasteiger partial charge in [-0.15, -0.1) is 10.2 Å². The van der Waals surface area contributed by atoms with Crippen LogP contribution in [0.1, 0.15) is 11.4 Å². The highest BCUT2D eigenvalue weighted by molar-refractivity contribution is 7.99. The Bertz CT molecular complexity index is 1070. The van der Waals surface area contributed by atoms with E-state index in [9.17, 15) is 9.59 Å². The number of nitrogens with one attached hydrogen (secondary N) is 2. The SMILES string of the molecule is Cc1ccc(NC(=O)CSc2nnc(CC(=O)Nc3cccc(Cl)c3Cl)n2C)cc1. The highest BCUT2D eigenvalue weighted by atomic mass is 35.5. The van der Waals surface area contributed by atoms with Crippen LogP contribution in [-0.4, -0.2) is 32.3 Å². The molecule has 0 saturated heterocycles. The highest BCUT2D eigenvalue weighted by Crippen LogP contribution is 2.29. The minimum Gasteiger partial charge on any atom is -0.325 e. The van der Waals surface area contributed by atoms with Gasteiger partial charge in [0.15, 0.2) is 5.16 Å². The molecule has 0 aliphatic rings. The summed E-state index contributed by atoms with van der Waals surface area (Å²) in [7, 11) is 1.75. The molecular weight excluding hydrogens is 445 g/mol. The van der Waals surface area contributed by atoms with Gasteiger partial charge in [0.2, 0.25) is 11.8 Å². The number of thioether (sulfide) groups is 1. The number of rotatable bonds is 7. The number of hydrogen-bond donors (Lipinski definition) is 2. The van der Waals surface area contributed by atoms with Crippen molar-refractivity contribution in [1.82, 2.24) is 14.8 Å². The van der Waals surface area contributed by atoms with Gasteiger partial charge in [0.1, 0.15) is 5.82 Å². The Morgan fingerprint density at radius 1 is 1.03 bits per heavy atom. The number of aryl methyl sites for hydroxylation is 1. The Morgan fingerprint density at radius 3 is 2.50 bits per heavy atom. The van der Waals surface area contributed by atoms with Crippen LogP contribution in [0.15, 0.2) is 47.6 Å². The van der Waals surface area contributed by atoms with Crippen LogP contribution in [0.5, 0.6) is 0 Å². The number of nitrogens with zero attached hydrogens (tertiary/aromatic N) is 3. The molecule has 0 saturated carbocycles. The van der Waals surface area contributed by atoms with Crippen LogP contribution in [0.3, 0.4) is 0 Å². The van der Waals surface area contributed by atoms with Crippen molar-refractivity contribution in [2.24, 2.45) is 7.05 Å². The molecule has 0 spiro atoms. The van der Waals surface area contributed by atoms with Crippen molar-refractivity contribution in [2.45, 2.75) is 18.5 Å². The molecule has 2 N–H and O–H groups in total. The molecule has 0 unspecified atom stereocenters. The van der Waals surface area contributed by atoms with Crippen molar-refractivity contribution in [3.63, 3.8) is 0 Å². The zero-order chi connectivity index (χ0) is 21.7. The summed E-state index contributed by atoms with van der Waals surface area (Å²) in [5.74, 6) is 0.182. The van der Waals surface area contributed by atoms with Crippen molar-refractivity contribution >= 4 is 58.2 Å². The first-order valence-electron chi connectivity index (χ1n) is 8.95. The van der Waals surface area contributed by atoms with Gasteiger partial charge in [0, 0.05) is 12.7 Å². The Kier molecular flexibility index (Phi) is 7.36. The molecule has 7 nitrogen and oxygen atoms in total. The molecule has 1 heterocycles. The van der Waals surface area contributed by atoms with E-state index in [4.69, 9.17) is 23.2 Å². The van der Waals surface area contributed by atoms with Gasteiger partial charge in [-0.05, 0) is 31.2 Å². The predicted molar refractivity (Wildman–Crippen MR) is 120 cm³/mol. The van der Waals surface area contributed by atoms with E-state index in [1.807, 2.05) is 31.2 Å². The average molecular weight is 464 g/mol. The second-order valence-electron chi connectivity index (χ2n) is 6.49. The molecule has 0 fully saturated rings. The molecule has 2 aromatic carbocycles. The lowest BCUT2D eigenvalue weighted by atomic mass is 10.2. The van der Waals surface area contributed by atoms with Crippen molar-refractivity contribution in [3.8, 4) is 0 Å². The van der Waals surface area contributed by atoms with Crippen LogP contribution in [-0.2, 0) is 23.1 Å². The zero-order valence-electron chi connectivity index (χ0n) is 16.3. The van der Waals surface area contributed by atoms with E-state index in [0.717, 1.165) is 11.3 Å². The summed E-state index contributed by atoms with van der Waals surface area (Å²) in [5, 5.41) is 14.8. The van der Waals surface area contributed by atoms with Gasteiger partial charge in [0.05, 0.1) is 27.9 Å². The monoisotopic (exact) mass is 463 g/mol. The molecule has 0 bridgehead atoms. The number of benzene rings is 2. The second kappa shape index (κ2) is 9.97. The van der Waals surface area contributed by atoms with E-state index in [0.29, 0.717) is 21.7 Å².